The summed E-state index contributed by atoms with van der Waals surface area (Å²) in [5.41, 5.74) is 0.530. The maximum absolute atomic E-state index is 13.8. The molecule has 1 saturated heterocycles. The second kappa shape index (κ2) is 6.29. The number of benzene rings is 2. The first-order valence-electron chi connectivity index (χ1n) is 7.96. The number of urea groups is 1. The number of nitrogens with one attached hydrogen (secondary N) is 1. The Bertz CT molecular complexity index is 822. The van der Waals surface area contributed by atoms with E-state index >= 15 is 0 Å². The van der Waals surface area contributed by atoms with E-state index in [1.165, 1.54) is 18.2 Å². The normalized spacial score (nSPS) is 21.4. The molecule has 0 radical (unpaired) electrons. The minimum absolute atomic E-state index is 0.0482. The molecular weight excluding hydrogens is 323 g/mol. The zero-order valence-electron chi connectivity index (χ0n) is 14.0. The summed E-state index contributed by atoms with van der Waals surface area (Å²) in [7, 11) is 0. The number of imide groups is 1. The van der Waals surface area contributed by atoms with Gasteiger partial charge in [-0.2, -0.15) is 0 Å². The fourth-order valence-electron chi connectivity index (χ4n) is 2.96. The van der Waals surface area contributed by atoms with E-state index in [0.29, 0.717) is 5.56 Å². The van der Waals surface area contributed by atoms with E-state index < -0.39 is 29.4 Å². The molecule has 0 saturated carbocycles. The topological polar surface area (TPSA) is 69.6 Å². The van der Waals surface area contributed by atoms with Gasteiger partial charge in [0, 0.05) is 5.56 Å². The van der Waals surface area contributed by atoms with Gasteiger partial charge in [-0.05, 0) is 25.5 Å². The van der Waals surface area contributed by atoms with Crippen LogP contribution in [0, 0.1) is 12.7 Å². The zero-order chi connectivity index (χ0) is 18.2. The van der Waals surface area contributed by atoms with Crippen molar-refractivity contribution in [1.82, 2.24) is 10.2 Å². The van der Waals surface area contributed by atoms with Crippen molar-refractivity contribution in [1.29, 1.82) is 0 Å². The molecule has 3 rings (SSSR count). The molecule has 130 valence electrons. The molecule has 1 fully saturated rings. The average Bonchev–Trinajstić information content (AvgIpc) is 2.80. The highest BCUT2D eigenvalue weighted by Crippen LogP contribution is 2.30. The molecule has 5 nitrogen and oxygen atoms in total. The molecule has 6 heteroatoms. The number of hydrogen-bond acceptors (Lipinski definition) is 3. The van der Waals surface area contributed by atoms with Crippen molar-refractivity contribution in [3.8, 4) is 0 Å². The van der Waals surface area contributed by atoms with Gasteiger partial charge in [-0.3, -0.25) is 9.69 Å². The Morgan fingerprint density at radius 1 is 1.16 bits per heavy atom. The number of β-amino-alcohol motifs (C(OH)–C–C–N with tert-alkyl or cyclic N) is 1. The summed E-state index contributed by atoms with van der Waals surface area (Å²) in [6.07, 6.45) is -1.30. The molecule has 25 heavy (non-hydrogen) atoms. The second-order valence-corrected chi connectivity index (χ2v) is 6.37. The first-order chi connectivity index (χ1) is 11.8. The van der Waals surface area contributed by atoms with Gasteiger partial charge in [-0.15, -0.1) is 0 Å². The Kier molecular flexibility index (Phi) is 4.30. The fourth-order valence-corrected chi connectivity index (χ4v) is 2.96. The SMILES string of the molecule is Cc1ccc([C@@]2(C)NC(=O)N(C[C@H](O)c3ccccc3F)C2=O)cc1. The van der Waals surface area contributed by atoms with Gasteiger partial charge in [-0.25, -0.2) is 9.18 Å². The number of carbonyl (C=O) groups is 2. The molecule has 2 aromatic carbocycles. The van der Waals surface area contributed by atoms with Crippen LogP contribution in [0.3, 0.4) is 0 Å². The standard InChI is InChI=1S/C19H19FN2O3/c1-12-7-9-13(10-8-12)19(2)17(24)22(18(25)21-19)11-16(23)14-5-3-4-6-15(14)20/h3-10,16,23H,11H2,1-2H3,(H,21,25)/t16-,19+/m0/s1. The van der Waals surface area contributed by atoms with Crippen molar-refractivity contribution in [2.75, 3.05) is 6.54 Å². The number of halogens is 1. The van der Waals surface area contributed by atoms with Gasteiger partial charge in [0.25, 0.3) is 5.91 Å². The first kappa shape index (κ1) is 17.1. The van der Waals surface area contributed by atoms with E-state index in [2.05, 4.69) is 5.32 Å². The van der Waals surface area contributed by atoms with Crippen molar-refractivity contribution < 1.29 is 19.1 Å². The van der Waals surface area contributed by atoms with Crippen molar-refractivity contribution in [2.45, 2.75) is 25.5 Å². The lowest BCUT2D eigenvalue weighted by Gasteiger charge is -2.23. The van der Waals surface area contributed by atoms with Crippen LogP contribution < -0.4 is 5.32 Å². The molecule has 2 N–H and O–H groups in total. The smallest absolute Gasteiger partial charge is 0.325 e. The number of hydrogen-bond donors (Lipinski definition) is 2. The largest absolute Gasteiger partial charge is 0.386 e. The molecule has 0 spiro atoms. The Labute approximate surface area is 145 Å². The Morgan fingerprint density at radius 2 is 1.80 bits per heavy atom. The van der Waals surface area contributed by atoms with Crippen LogP contribution in [0.25, 0.3) is 0 Å². The van der Waals surface area contributed by atoms with E-state index in [1.807, 2.05) is 19.1 Å². The molecule has 0 aliphatic carbocycles. The molecule has 1 aliphatic heterocycles. The van der Waals surface area contributed by atoms with Gasteiger partial charge in [0.15, 0.2) is 0 Å². The lowest BCUT2D eigenvalue weighted by molar-refractivity contribution is -0.132. The van der Waals surface area contributed by atoms with Crippen LogP contribution in [0.4, 0.5) is 9.18 Å². The van der Waals surface area contributed by atoms with Crippen LogP contribution >= 0.6 is 0 Å². The van der Waals surface area contributed by atoms with Crippen LogP contribution in [0.2, 0.25) is 0 Å². The Balaban J connectivity index is 1.84. The van der Waals surface area contributed by atoms with Crippen molar-refractivity contribution in [2.24, 2.45) is 0 Å². The Hall–Kier alpha value is -2.73. The van der Waals surface area contributed by atoms with E-state index in [1.54, 1.807) is 25.1 Å². The summed E-state index contributed by atoms with van der Waals surface area (Å²) in [6.45, 7) is 3.23. The summed E-state index contributed by atoms with van der Waals surface area (Å²) in [5.74, 6) is -1.06. The zero-order valence-corrected chi connectivity index (χ0v) is 14.0. The first-order valence-corrected chi connectivity index (χ1v) is 7.96. The molecule has 2 atom stereocenters. The maximum Gasteiger partial charge on any atom is 0.325 e. The molecule has 3 amide bonds. The lowest BCUT2D eigenvalue weighted by Crippen LogP contribution is -2.41. The van der Waals surface area contributed by atoms with Gasteiger partial charge in [0.2, 0.25) is 0 Å². The van der Waals surface area contributed by atoms with Crippen LogP contribution in [0.15, 0.2) is 48.5 Å². The number of aryl methyl sites for hydroxylation is 1. The lowest BCUT2D eigenvalue weighted by atomic mass is 9.91. The Morgan fingerprint density at radius 3 is 2.44 bits per heavy atom. The molecule has 0 unspecified atom stereocenters. The van der Waals surface area contributed by atoms with Gasteiger partial charge in [-0.1, -0.05) is 48.0 Å². The molecule has 1 aliphatic rings. The third-order valence-electron chi connectivity index (χ3n) is 4.52. The fraction of sp³-hybridized carbons (Fsp3) is 0.263. The monoisotopic (exact) mass is 342 g/mol. The van der Waals surface area contributed by atoms with E-state index in [9.17, 15) is 19.1 Å². The second-order valence-electron chi connectivity index (χ2n) is 6.37. The van der Waals surface area contributed by atoms with Crippen molar-refractivity contribution in [3.05, 3.63) is 71.0 Å². The van der Waals surface area contributed by atoms with Gasteiger partial charge in [0.1, 0.15) is 11.4 Å². The maximum atomic E-state index is 13.8. The highest BCUT2D eigenvalue weighted by atomic mass is 19.1. The highest BCUT2D eigenvalue weighted by Gasteiger charge is 2.49. The number of aliphatic hydroxyl groups is 1. The molecule has 0 aromatic heterocycles. The van der Waals surface area contributed by atoms with Crippen LogP contribution in [0.1, 0.15) is 29.7 Å². The van der Waals surface area contributed by atoms with Gasteiger partial charge >= 0.3 is 6.03 Å². The van der Waals surface area contributed by atoms with Crippen LogP contribution in [-0.2, 0) is 10.3 Å². The number of rotatable bonds is 4. The minimum Gasteiger partial charge on any atom is -0.386 e. The number of carbonyl (C=O) groups excluding carboxylic acids is 2. The van der Waals surface area contributed by atoms with Crippen molar-refractivity contribution in [3.63, 3.8) is 0 Å². The molecule has 2 aromatic rings. The van der Waals surface area contributed by atoms with E-state index in [0.717, 1.165) is 10.5 Å². The minimum atomic E-state index is -1.30. The molecule has 1 heterocycles. The highest BCUT2D eigenvalue weighted by molar-refractivity contribution is 6.07. The number of aliphatic hydroxyl groups excluding tert-OH is 1. The third kappa shape index (κ3) is 3.00. The molecule has 0 bridgehead atoms. The summed E-state index contributed by atoms with van der Waals surface area (Å²) in [6, 6.07) is 12.4. The summed E-state index contributed by atoms with van der Waals surface area (Å²) >= 11 is 0. The summed E-state index contributed by atoms with van der Waals surface area (Å²) in [5, 5.41) is 12.9. The number of amides is 3. The quantitative estimate of drug-likeness (QED) is 0.839. The van der Waals surface area contributed by atoms with Gasteiger partial charge in [0.05, 0.1) is 12.6 Å². The summed E-state index contributed by atoms with van der Waals surface area (Å²) in [4.78, 5) is 26.0. The van der Waals surface area contributed by atoms with Crippen LogP contribution in [0.5, 0.6) is 0 Å². The van der Waals surface area contributed by atoms with Crippen LogP contribution in [-0.4, -0.2) is 28.5 Å². The predicted molar refractivity (Wildman–Crippen MR) is 90.1 cm³/mol. The van der Waals surface area contributed by atoms with Crippen molar-refractivity contribution >= 4 is 11.9 Å². The molecular formula is C19H19FN2O3. The summed E-state index contributed by atoms with van der Waals surface area (Å²) < 4.78 is 13.8. The third-order valence-corrected chi connectivity index (χ3v) is 4.52. The average molecular weight is 342 g/mol. The van der Waals surface area contributed by atoms with Gasteiger partial charge < -0.3 is 10.4 Å². The van der Waals surface area contributed by atoms with E-state index in [-0.39, 0.29) is 12.1 Å². The van der Waals surface area contributed by atoms with E-state index in [4.69, 9.17) is 0 Å². The predicted octanol–water partition coefficient (Wildman–Crippen LogP) is 2.63. The number of nitrogens with zero attached hydrogens (tertiary/aromatic N) is 1.